The Morgan fingerprint density at radius 1 is 1.45 bits per heavy atom. The van der Waals surface area contributed by atoms with Crippen LogP contribution in [0.15, 0.2) is 5.38 Å². The predicted molar refractivity (Wildman–Crippen MR) is 87.7 cm³/mol. The zero-order valence-corrected chi connectivity index (χ0v) is 14.3. The third kappa shape index (κ3) is 3.51. The van der Waals surface area contributed by atoms with E-state index in [9.17, 15) is 0 Å². The van der Waals surface area contributed by atoms with Crippen molar-refractivity contribution in [2.45, 2.75) is 45.7 Å². The first-order valence-corrected chi connectivity index (χ1v) is 8.47. The topological polar surface area (TPSA) is 31.4 Å². The first-order chi connectivity index (χ1) is 9.44. The number of anilines is 1. The summed E-state index contributed by atoms with van der Waals surface area (Å²) < 4.78 is 0. The molecule has 1 aromatic heterocycles. The minimum Gasteiger partial charge on any atom is -0.345 e. The molecule has 1 N–H and O–H groups in total. The molecular weight excluding hydrogens is 268 g/mol. The second kappa shape index (κ2) is 6.41. The van der Waals surface area contributed by atoms with Crippen molar-refractivity contribution in [2.24, 2.45) is 0 Å². The van der Waals surface area contributed by atoms with Gasteiger partial charge in [0.15, 0.2) is 5.13 Å². The van der Waals surface area contributed by atoms with E-state index in [0.29, 0.717) is 6.04 Å². The van der Waals surface area contributed by atoms with E-state index in [4.69, 9.17) is 4.98 Å². The maximum atomic E-state index is 4.84. The highest BCUT2D eigenvalue weighted by Gasteiger charge is 2.32. The molecule has 0 bridgehead atoms. The summed E-state index contributed by atoms with van der Waals surface area (Å²) in [4.78, 5) is 9.71. The molecule has 0 aromatic carbocycles. The fourth-order valence-corrected chi connectivity index (χ4v) is 3.44. The van der Waals surface area contributed by atoms with Crippen molar-refractivity contribution >= 4 is 16.5 Å². The number of rotatable bonds is 5. The molecule has 114 valence electrons. The molecule has 0 radical (unpaired) electrons. The summed E-state index contributed by atoms with van der Waals surface area (Å²) in [5.41, 5.74) is 1.39. The van der Waals surface area contributed by atoms with Crippen molar-refractivity contribution in [1.29, 1.82) is 0 Å². The van der Waals surface area contributed by atoms with Crippen LogP contribution in [-0.2, 0) is 0 Å². The van der Waals surface area contributed by atoms with Crippen molar-refractivity contribution in [3.8, 4) is 0 Å². The molecular formula is C15H28N4S. The maximum absolute atomic E-state index is 4.84. The third-order valence-corrected chi connectivity index (χ3v) is 5.16. The van der Waals surface area contributed by atoms with E-state index < -0.39 is 0 Å². The Hall–Kier alpha value is -0.650. The monoisotopic (exact) mass is 296 g/mol. The van der Waals surface area contributed by atoms with Gasteiger partial charge in [0.2, 0.25) is 0 Å². The molecule has 1 aromatic rings. The molecule has 0 aliphatic carbocycles. The highest BCUT2D eigenvalue weighted by atomic mass is 32.1. The van der Waals surface area contributed by atoms with E-state index in [1.807, 2.05) is 0 Å². The Labute approximate surface area is 127 Å². The van der Waals surface area contributed by atoms with Gasteiger partial charge in [0, 0.05) is 36.6 Å². The van der Waals surface area contributed by atoms with Gasteiger partial charge in [-0.3, -0.25) is 4.90 Å². The van der Waals surface area contributed by atoms with Crippen LogP contribution in [0, 0.1) is 0 Å². The molecule has 0 saturated carbocycles. The quantitative estimate of drug-likeness (QED) is 0.905. The average Bonchev–Trinajstić information content (AvgIpc) is 2.88. The van der Waals surface area contributed by atoms with Gasteiger partial charge < -0.3 is 10.2 Å². The highest BCUT2D eigenvalue weighted by Crippen LogP contribution is 2.28. The second-order valence-electron chi connectivity index (χ2n) is 6.39. The summed E-state index contributed by atoms with van der Waals surface area (Å²) in [6.07, 6.45) is 1.16. The Bertz CT molecular complexity index is 429. The number of likely N-dealkylation sites (N-methyl/N-ethyl adjacent to an activating group) is 1. The van der Waals surface area contributed by atoms with Gasteiger partial charge in [0.05, 0.1) is 5.69 Å². The van der Waals surface area contributed by atoms with Gasteiger partial charge in [-0.05, 0) is 40.8 Å². The molecule has 1 aliphatic rings. The number of piperazine rings is 1. The molecule has 0 amide bonds. The average molecular weight is 296 g/mol. The number of hydrogen-bond acceptors (Lipinski definition) is 5. The summed E-state index contributed by atoms with van der Waals surface area (Å²) in [5.74, 6) is 0. The zero-order valence-electron chi connectivity index (χ0n) is 13.4. The first-order valence-electron chi connectivity index (χ1n) is 7.59. The van der Waals surface area contributed by atoms with E-state index in [-0.39, 0.29) is 5.54 Å². The van der Waals surface area contributed by atoms with E-state index in [1.165, 1.54) is 10.8 Å². The molecule has 2 rings (SSSR count). The lowest BCUT2D eigenvalue weighted by Gasteiger charge is -2.45. The van der Waals surface area contributed by atoms with Crippen LogP contribution in [0.2, 0.25) is 0 Å². The molecule has 0 spiro atoms. The van der Waals surface area contributed by atoms with Crippen LogP contribution in [0.5, 0.6) is 0 Å². The standard InChI is InChI=1S/C15H28N4S/c1-6-7-16-12(2)13-10-20-14(17-13)19-9-8-18(5)15(3,4)11-19/h10,12,16H,6-9,11H2,1-5H3. The Morgan fingerprint density at radius 2 is 2.20 bits per heavy atom. The van der Waals surface area contributed by atoms with Gasteiger partial charge >= 0.3 is 0 Å². The molecule has 20 heavy (non-hydrogen) atoms. The van der Waals surface area contributed by atoms with Crippen molar-refractivity contribution < 1.29 is 0 Å². The molecule has 1 unspecified atom stereocenters. The fourth-order valence-electron chi connectivity index (χ4n) is 2.49. The molecule has 4 nitrogen and oxygen atoms in total. The van der Waals surface area contributed by atoms with Gasteiger partial charge in [-0.1, -0.05) is 6.92 Å². The van der Waals surface area contributed by atoms with Crippen LogP contribution in [0.1, 0.15) is 45.9 Å². The first kappa shape index (κ1) is 15.7. The van der Waals surface area contributed by atoms with Gasteiger partial charge in [-0.2, -0.15) is 0 Å². The van der Waals surface area contributed by atoms with Crippen LogP contribution in [0.4, 0.5) is 5.13 Å². The van der Waals surface area contributed by atoms with Crippen LogP contribution in [-0.4, -0.2) is 48.6 Å². The number of hydrogen-bond donors (Lipinski definition) is 1. The molecule has 1 saturated heterocycles. The summed E-state index contributed by atoms with van der Waals surface area (Å²) in [6, 6.07) is 0.348. The van der Waals surface area contributed by atoms with Crippen molar-refractivity contribution in [1.82, 2.24) is 15.2 Å². The van der Waals surface area contributed by atoms with Crippen molar-refractivity contribution in [2.75, 3.05) is 38.1 Å². The van der Waals surface area contributed by atoms with E-state index in [1.54, 1.807) is 11.3 Å². The molecule has 1 fully saturated rings. The maximum Gasteiger partial charge on any atom is 0.185 e. The molecule has 1 atom stereocenters. The van der Waals surface area contributed by atoms with Gasteiger partial charge in [-0.15, -0.1) is 11.3 Å². The molecule has 5 heteroatoms. The lowest BCUT2D eigenvalue weighted by atomic mass is 10.0. The van der Waals surface area contributed by atoms with Gasteiger partial charge in [0.1, 0.15) is 0 Å². The van der Waals surface area contributed by atoms with E-state index >= 15 is 0 Å². The minimum absolute atomic E-state index is 0.218. The Balaban J connectivity index is 2.02. The van der Waals surface area contributed by atoms with E-state index in [2.05, 4.69) is 55.2 Å². The van der Waals surface area contributed by atoms with Crippen LogP contribution in [0.3, 0.4) is 0 Å². The normalized spacial score (nSPS) is 21.1. The van der Waals surface area contributed by atoms with Crippen molar-refractivity contribution in [3.63, 3.8) is 0 Å². The minimum atomic E-state index is 0.218. The van der Waals surface area contributed by atoms with Gasteiger partial charge in [-0.25, -0.2) is 4.98 Å². The van der Waals surface area contributed by atoms with Crippen LogP contribution < -0.4 is 10.2 Å². The Morgan fingerprint density at radius 3 is 2.85 bits per heavy atom. The number of thiazole rings is 1. The zero-order chi connectivity index (χ0) is 14.8. The number of nitrogens with zero attached hydrogens (tertiary/aromatic N) is 3. The second-order valence-corrected chi connectivity index (χ2v) is 7.22. The molecule has 2 heterocycles. The van der Waals surface area contributed by atoms with Crippen LogP contribution >= 0.6 is 11.3 Å². The lowest BCUT2D eigenvalue weighted by Crippen LogP contribution is -2.57. The Kier molecular flexibility index (Phi) is 5.04. The predicted octanol–water partition coefficient (Wildman–Crippen LogP) is 2.73. The van der Waals surface area contributed by atoms with Crippen molar-refractivity contribution in [3.05, 3.63) is 11.1 Å². The fraction of sp³-hybridized carbons (Fsp3) is 0.800. The summed E-state index contributed by atoms with van der Waals surface area (Å²) in [6.45, 7) is 13.3. The SMILES string of the molecule is CCCNC(C)c1csc(N2CCN(C)C(C)(C)C2)n1. The van der Waals surface area contributed by atoms with Crippen LogP contribution in [0.25, 0.3) is 0 Å². The van der Waals surface area contributed by atoms with Gasteiger partial charge in [0.25, 0.3) is 0 Å². The summed E-state index contributed by atoms with van der Waals surface area (Å²) in [5, 5.41) is 6.88. The van der Waals surface area contributed by atoms with E-state index in [0.717, 1.165) is 32.6 Å². The summed E-state index contributed by atoms with van der Waals surface area (Å²) >= 11 is 1.78. The lowest BCUT2D eigenvalue weighted by molar-refractivity contribution is 0.139. The highest BCUT2D eigenvalue weighted by molar-refractivity contribution is 7.13. The largest absolute Gasteiger partial charge is 0.345 e. The third-order valence-electron chi connectivity index (χ3n) is 4.24. The smallest absolute Gasteiger partial charge is 0.185 e. The summed E-state index contributed by atoms with van der Waals surface area (Å²) in [7, 11) is 2.21. The molecule has 1 aliphatic heterocycles. The number of aromatic nitrogens is 1. The number of nitrogens with one attached hydrogen (secondary N) is 1.